The highest BCUT2D eigenvalue weighted by atomic mass is 35.5. The summed E-state index contributed by atoms with van der Waals surface area (Å²) in [6.45, 7) is 0. The summed E-state index contributed by atoms with van der Waals surface area (Å²) in [6.07, 6.45) is 0.524. The summed E-state index contributed by atoms with van der Waals surface area (Å²) in [6, 6.07) is 10.4. The molecule has 0 aliphatic rings. The molecule has 2 nitrogen and oxygen atoms in total. The van der Waals surface area contributed by atoms with Gasteiger partial charge >= 0.3 is 0 Å². The molecule has 3 N–H and O–H groups in total. The molecule has 2 rings (SSSR count). The summed E-state index contributed by atoms with van der Waals surface area (Å²) in [7, 11) is 0. The molecule has 0 radical (unpaired) electrons. The molecule has 0 aliphatic carbocycles. The molecule has 0 fully saturated rings. The molecule has 1 atom stereocenters. The van der Waals surface area contributed by atoms with Gasteiger partial charge in [0.15, 0.2) is 0 Å². The van der Waals surface area contributed by atoms with Gasteiger partial charge in [-0.3, -0.25) is 11.3 Å². The molecular weight excluding hydrogens is 338 g/mol. The lowest BCUT2D eigenvalue weighted by molar-refractivity contribution is 0.552. The monoisotopic (exact) mass is 348 g/mol. The number of rotatable bonds is 4. The third-order valence-electron chi connectivity index (χ3n) is 3.01. The lowest BCUT2D eigenvalue weighted by Crippen LogP contribution is -2.30. The molecule has 106 valence electrons. The van der Waals surface area contributed by atoms with Crippen molar-refractivity contribution in [2.45, 2.75) is 12.5 Å². The molecule has 0 aliphatic heterocycles. The largest absolute Gasteiger partial charge is 0.271 e. The van der Waals surface area contributed by atoms with Crippen molar-refractivity contribution in [1.29, 1.82) is 0 Å². The van der Waals surface area contributed by atoms with Gasteiger partial charge in [-0.1, -0.05) is 58.5 Å². The zero-order valence-electron chi connectivity index (χ0n) is 10.3. The number of benzene rings is 2. The average Bonchev–Trinajstić information content (AvgIpc) is 2.40. The van der Waals surface area contributed by atoms with Crippen molar-refractivity contribution >= 4 is 46.4 Å². The van der Waals surface area contributed by atoms with Crippen molar-refractivity contribution in [2.75, 3.05) is 0 Å². The van der Waals surface area contributed by atoms with E-state index in [0.29, 0.717) is 26.5 Å². The number of hydrazine groups is 1. The SMILES string of the molecule is NNC(Cc1c(Cl)cccc1Cl)c1ccc(Cl)cc1Cl. The maximum atomic E-state index is 6.20. The first-order chi connectivity index (χ1) is 9.52. The van der Waals surface area contributed by atoms with Crippen LogP contribution in [0.5, 0.6) is 0 Å². The minimum Gasteiger partial charge on any atom is -0.271 e. The number of hydrogen-bond acceptors (Lipinski definition) is 2. The fourth-order valence-electron chi connectivity index (χ4n) is 1.97. The van der Waals surface area contributed by atoms with Crippen LogP contribution >= 0.6 is 46.4 Å². The van der Waals surface area contributed by atoms with Gasteiger partial charge in [0.05, 0.1) is 6.04 Å². The third kappa shape index (κ3) is 3.59. The van der Waals surface area contributed by atoms with Crippen LogP contribution in [0.2, 0.25) is 20.1 Å². The van der Waals surface area contributed by atoms with E-state index >= 15 is 0 Å². The summed E-state index contributed by atoms with van der Waals surface area (Å²) in [5.41, 5.74) is 4.40. The van der Waals surface area contributed by atoms with Gasteiger partial charge in [0.1, 0.15) is 0 Å². The van der Waals surface area contributed by atoms with E-state index in [9.17, 15) is 0 Å². The maximum absolute atomic E-state index is 6.20. The highest BCUT2D eigenvalue weighted by Gasteiger charge is 2.17. The van der Waals surface area contributed by atoms with Gasteiger partial charge in [-0.05, 0) is 41.8 Å². The van der Waals surface area contributed by atoms with Gasteiger partial charge in [0, 0.05) is 20.1 Å². The Balaban J connectivity index is 2.34. The van der Waals surface area contributed by atoms with Crippen LogP contribution in [0.4, 0.5) is 0 Å². The zero-order chi connectivity index (χ0) is 14.7. The molecular formula is C14H12Cl4N2. The van der Waals surface area contributed by atoms with Crippen molar-refractivity contribution in [3.63, 3.8) is 0 Å². The summed E-state index contributed by atoms with van der Waals surface area (Å²) in [5, 5.41) is 2.32. The number of halogens is 4. The maximum Gasteiger partial charge on any atom is 0.0516 e. The van der Waals surface area contributed by atoms with Gasteiger partial charge in [-0.2, -0.15) is 0 Å². The van der Waals surface area contributed by atoms with E-state index in [1.807, 2.05) is 6.07 Å². The second-order valence-corrected chi connectivity index (χ2v) is 5.95. The summed E-state index contributed by atoms with van der Waals surface area (Å²) in [5.74, 6) is 5.63. The smallest absolute Gasteiger partial charge is 0.0516 e. The molecule has 0 amide bonds. The predicted octanol–water partition coefficient (Wildman–Crippen LogP) is 5.05. The molecule has 0 heterocycles. The summed E-state index contributed by atoms with van der Waals surface area (Å²) >= 11 is 24.5. The second-order valence-electron chi connectivity index (χ2n) is 4.29. The first kappa shape index (κ1) is 15.9. The number of nitrogens with two attached hydrogens (primary N) is 1. The van der Waals surface area contributed by atoms with Crippen molar-refractivity contribution in [1.82, 2.24) is 5.43 Å². The van der Waals surface area contributed by atoms with Crippen LogP contribution in [-0.4, -0.2) is 0 Å². The van der Waals surface area contributed by atoms with Gasteiger partial charge in [-0.25, -0.2) is 0 Å². The lowest BCUT2D eigenvalue weighted by atomic mass is 9.99. The molecule has 2 aromatic carbocycles. The number of hydrogen-bond donors (Lipinski definition) is 2. The minimum atomic E-state index is -0.211. The predicted molar refractivity (Wildman–Crippen MR) is 86.7 cm³/mol. The molecule has 0 bridgehead atoms. The Hall–Kier alpha value is -0.480. The lowest BCUT2D eigenvalue weighted by Gasteiger charge is -2.19. The van der Waals surface area contributed by atoms with E-state index in [1.54, 1.807) is 30.3 Å². The molecule has 2 aromatic rings. The Bertz CT molecular complexity index is 596. The van der Waals surface area contributed by atoms with Gasteiger partial charge in [-0.15, -0.1) is 0 Å². The van der Waals surface area contributed by atoms with E-state index in [4.69, 9.17) is 52.2 Å². The molecule has 0 saturated carbocycles. The normalized spacial score (nSPS) is 12.4. The standard InChI is InChI=1S/C14H12Cl4N2/c15-8-4-5-9(13(18)6-8)14(20-19)7-10-11(16)2-1-3-12(10)17/h1-6,14,20H,7,19H2. The van der Waals surface area contributed by atoms with Crippen molar-refractivity contribution in [3.05, 3.63) is 67.6 Å². The molecule has 6 heteroatoms. The molecule has 20 heavy (non-hydrogen) atoms. The molecule has 0 saturated heterocycles. The Kier molecular flexibility index (Phi) is 5.56. The molecule has 1 unspecified atom stereocenters. The fourth-order valence-corrected chi connectivity index (χ4v) is 3.07. The van der Waals surface area contributed by atoms with E-state index in [2.05, 4.69) is 5.43 Å². The zero-order valence-corrected chi connectivity index (χ0v) is 13.4. The van der Waals surface area contributed by atoms with E-state index < -0.39 is 0 Å². The average molecular weight is 350 g/mol. The van der Waals surface area contributed by atoms with Crippen molar-refractivity contribution in [3.8, 4) is 0 Å². The molecule has 0 spiro atoms. The fraction of sp³-hybridized carbons (Fsp3) is 0.143. The van der Waals surface area contributed by atoms with E-state index in [0.717, 1.165) is 11.1 Å². The van der Waals surface area contributed by atoms with Crippen LogP contribution in [-0.2, 0) is 6.42 Å². The second kappa shape index (κ2) is 6.99. The first-order valence-corrected chi connectivity index (χ1v) is 7.38. The highest BCUT2D eigenvalue weighted by molar-refractivity contribution is 6.36. The van der Waals surface area contributed by atoms with E-state index in [1.165, 1.54) is 0 Å². The van der Waals surface area contributed by atoms with Gasteiger partial charge in [0.2, 0.25) is 0 Å². The topological polar surface area (TPSA) is 38.0 Å². The van der Waals surface area contributed by atoms with Crippen LogP contribution in [0, 0.1) is 0 Å². The Morgan fingerprint density at radius 1 is 0.950 bits per heavy atom. The number of nitrogens with one attached hydrogen (secondary N) is 1. The van der Waals surface area contributed by atoms with Crippen LogP contribution in [0.1, 0.15) is 17.2 Å². The van der Waals surface area contributed by atoms with Crippen LogP contribution in [0.15, 0.2) is 36.4 Å². The first-order valence-electron chi connectivity index (χ1n) is 5.87. The van der Waals surface area contributed by atoms with Crippen LogP contribution in [0.25, 0.3) is 0 Å². The minimum absolute atomic E-state index is 0.211. The van der Waals surface area contributed by atoms with Crippen molar-refractivity contribution < 1.29 is 0 Å². The Labute approximate surface area is 137 Å². The summed E-state index contributed by atoms with van der Waals surface area (Å²) in [4.78, 5) is 0. The highest BCUT2D eigenvalue weighted by Crippen LogP contribution is 2.32. The van der Waals surface area contributed by atoms with Gasteiger partial charge in [0.25, 0.3) is 0 Å². The quantitative estimate of drug-likeness (QED) is 0.598. The third-order valence-corrected chi connectivity index (χ3v) is 4.28. The van der Waals surface area contributed by atoms with Gasteiger partial charge < -0.3 is 0 Å². The van der Waals surface area contributed by atoms with Crippen molar-refractivity contribution in [2.24, 2.45) is 5.84 Å². The van der Waals surface area contributed by atoms with E-state index in [-0.39, 0.29) is 6.04 Å². The summed E-state index contributed by atoms with van der Waals surface area (Å²) < 4.78 is 0. The Morgan fingerprint density at radius 3 is 2.15 bits per heavy atom. The Morgan fingerprint density at radius 2 is 1.60 bits per heavy atom. The molecule has 0 aromatic heterocycles. The van der Waals surface area contributed by atoms with Crippen LogP contribution in [0.3, 0.4) is 0 Å². The van der Waals surface area contributed by atoms with Crippen LogP contribution < -0.4 is 11.3 Å².